The zero-order chi connectivity index (χ0) is 31.0. The number of sulfonamides is 2. The third kappa shape index (κ3) is 9.25. The Hall–Kier alpha value is -4.03. The van der Waals surface area contributed by atoms with Crippen molar-refractivity contribution in [3.05, 3.63) is 67.8 Å². The van der Waals surface area contributed by atoms with Crippen LogP contribution in [0.4, 0.5) is 22.7 Å². The molecule has 0 atom stereocenters. The van der Waals surface area contributed by atoms with Gasteiger partial charge >= 0.3 is 11.9 Å². The van der Waals surface area contributed by atoms with Gasteiger partial charge in [0.15, 0.2) is 0 Å². The molecule has 1 saturated heterocycles. The lowest BCUT2D eigenvalue weighted by atomic mass is 10.1. The molecule has 0 spiro atoms. The number of nitrogens with zero attached hydrogens (tertiary/aromatic N) is 3. The Kier molecular flexibility index (Phi) is 11.4. The van der Waals surface area contributed by atoms with E-state index in [-0.39, 0.29) is 58.5 Å². The van der Waals surface area contributed by atoms with E-state index in [1.54, 1.807) is 0 Å². The number of carbonyl (C=O) groups excluding carboxylic acids is 2. The number of hydrogen-bond donors (Lipinski definition) is 1. The molecule has 2 aromatic carbocycles. The monoisotopic (exact) mass is 636 g/mol. The molecule has 19 heteroatoms. The SMILES string of the molecule is COC(=O)c1cc(N2CCCS2(=O)=O)cc([N+](=O)[O-])c1.COC(=O)c1cc(NS(=O)(=O)CCCCl)cc([N+](=O)[O-])c1. The maximum Gasteiger partial charge on any atom is 0.338 e. The van der Waals surface area contributed by atoms with Crippen LogP contribution in [0, 0.1) is 20.2 Å². The lowest BCUT2D eigenvalue weighted by Crippen LogP contribution is -2.25. The van der Waals surface area contributed by atoms with Crippen molar-refractivity contribution in [1.82, 2.24) is 0 Å². The van der Waals surface area contributed by atoms with Crippen LogP contribution in [0.25, 0.3) is 0 Å². The summed E-state index contributed by atoms with van der Waals surface area (Å²) < 4.78 is 59.4. The van der Waals surface area contributed by atoms with E-state index in [0.717, 1.165) is 48.9 Å². The molecular weight excluding hydrogens is 612 g/mol. The first-order chi connectivity index (χ1) is 19.1. The van der Waals surface area contributed by atoms with Crippen molar-refractivity contribution in [2.75, 3.05) is 47.2 Å². The van der Waals surface area contributed by atoms with Gasteiger partial charge in [-0.15, -0.1) is 11.6 Å². The van der Waals surface area contributed by atoms with E-state index in [2.05, 4.69) is 14.2 Å². The fraction of sp³-hybridized carbons (Fsp3) is 0.364. The van der Waals surface area contributed by atoms with Crippen molar-refractivity contribution in [2.45, 2.75) is 12.8 Å². The molecule has 1 aliphatic rings. The molecule has 1 fully saturated rings. The van der Waals surface area contributed by atoms with Crippen molar-refractivity contribution in [1.29, 1.82) is 0 Å². The van der Waals surface area contributed by atoms with Gasteiger partial charge in [-0.25, -0.2) is 26.4 Å². The van der Waals surface area contributed by atoms with Gasteiger partial charge in [0.05, 0.1) is 58.1 Å². The molecule has 0 unspecified atom stereocenters. The Balaban J connectivity index is 0.000000287. The molecule has 1 heterocycles. The van der Waals surface area contributed by atoms with Gasteiger partial charge in [0.2, 0.25) is 20.0 Å². The van der Waals surface area contributed by atoms with Crippen molar-refractivity contribution in [3.63, 3.8) is 0 Å². The Bertz CT molecular complexity index is 1550. The Labute approximate surface area is 239 Å². The van der Waals surface area contributed by atoms with Crippen LogP contribution in [0.1, 0.15) is 33.6 Å². The number of alkyl halides is 1. The number of nitro groups is 2. The average molecular weight is 637 g/mol. The fourth-order valence-corrected chi connectivity index (χ4v) is 6.44. The van der Waals surface area contributed by atoms with Crippen LogP contribution in [0.3, 0.4) is 0 Å². The Morgan fingerprint density at radius 2 is 1.51 bits per heavy atom. The van der Waals surface area contributed by atoms with Gasteiger partial charge in [-0.1, -0.05) is 0 Å². The third-order valence-corrected chi connectivity index (χ3v) is 8.80. The zero-order valence-corrected chi connectivity index (χ0v) is 24.0. The highest BCUT2D eigenvalue weighted by Crippen LogP contribution is 2.29. The Morgan fingerprint density at radius 3 is 1.98 bits per heavy atom. The molecule has 0 aliphatic carbocycles. The summed E-state index contributed by atoms with van der Waals surface area (Å²) in [4.78, 5) is 43.2. The number of ether oxygens (including phenoxy) is 2. The van der Waals surface area contributed by atoms with E-state index < -0.39 is 47.5 Å². The quantitative estimate of drug-likeness (QED) is 0.172. The van der Waals surface area contributed by atoms with E-state index in [9.17, 15) is 46.7 Å². The number of methoxy groups -OCH3 is 2. The molecule has 0 saturated carbocycles. The van der Waals surface area contributed by atoms with E-state index in [1.807, 2.05) is 0 Å². The first kappa shape index (κ1) is 33.2. The van der Waals surface area contributed by atoms with Gasteiger partial charge in [0.1, 0.15) is 0 Å². The minimum Gasteiger partial charge on any atom is -0.465 e. The number of rotatable bonds is 10. The number of hydrogen-bond acceptors (Lipinski definition) is 12. The molecule has 2 aromatic rings. The normalized spacial score (nSPS) is 13.9. The summed E-state index contributed by atoms with van der Waals surface area (Å²) in [6, 6.07) is 6.65. The third-order valence-electron chi connectivity index (χ3n) is 5.29. The van der Waals surface area contributed by atoms with Crippen molar-refractivity contribution in [2.24, 2.45) is 0 Å². The molecule has 0 amide bonds. The van der Waals surface area contributed by atoms with Gasteiger partial charge < -0.3 is 9.47 Å². The van der Waals surface area contributed by atoms with E-state index in [0.29, 0.717) is 6.42 Å². The molecule has 41 heavy (non-hydrogen) atoms. The van der Waals surface area contributed by atoms with Gasteiger partial charge in [-0.2, -0.15) is 0 Å². The van der Waals surface area contributed by atoms with Crippen LogP contribution in [-0.2, 0) is 29.5 Å². The molecule has 3 rings (SSSR count). The minimum absolute atomic E-state index is 0.0107. The molecule has 1 N–H and O–H groups in total. The van der Waals surface area contributed by atoms with Crippen LogP contribution in [0.15, 0.2) is 36.4 Å². The van der Waals surface area contributed by atoms with Crippen molar-refractivity contribution in [3.8, 4) is 0 Å². The summed E-state index contributed by atoms with van der Waals surface area (Å²) >= 11 is 5.42. The van der Waals surface area contributed by atoms with Crippen LogP contribution in [0.5, 0.6) is 0 Å². The lowest BCUT2D eigenvalue weighted by Gasteiger charge is -2.17. The first-order valence-corrected chi connectivity index (χ1v) is 15.3. The van der Waals surface area contributed by atoms with Crippen molar-refractivity contribution >= 4 is 66.3 Å². The first-order valence-electron chi connectivity index (χ1n) is 11.5. The van der Waals surface area contributed by atoms with E-state index in [1.165, 1.54) is 6.07 Å². The number of nitro benzene ring substituents is 2. The second-order valence-corrected chi connectivity index (χ2v) is 12.4. The topological polar surface area (TPSA) is 222 Å². The molecule has 1 aliphatic heterocycles. The summed E-state index contributed by atoms with van der Waals surface area (Å²) in [5, 5.41) is 21.7. The summed E-state index contributed by atoms with van der Waals surface area (Å²) in [5.41, 5.74) is -0.935. The highest BCUT2D eigenvalue weighted by molar-refractivity contribution is 7.93. The smallest absolute Gasteiger partial charge is 0.338 e. The molecule has 224 valence electrons. The molecule has 16 nitrogen and oxygen atoms in total. The zero-order valence-electron chi connectivity index (χ0n) is 21.6. The number of carbonyl (C=O) groups is 2. The standard InChI is InChI=1S/C11H13ClN2O6S.C11H12N2O6S/c1-20-11(15)8-5-9(7-10(6-8)14(16)17)13-21(18,19)4-2-3-12;1-19-11(14)8-5-9(7-10(6-8)13(15)16)12-3-2-4-20(12,17)18/h5-7,13H,2-4H2,1H3;5-7H,2-4H2,1H3. The lowest BCUT2D eigenvalue weighted by molar-refractivity contribution is -0.385. The van der Waals surface area contributed by atoms with Gasteiger partial charge in [-0.3, -0.25) is 29.3 Å². The number of anilines is 2. The fourth-order valence-electron chi connectivity index (χ4n) is 3.50. The molecule has 0 aromatic heterocycles. The highest BCUT2D eigenvalue weighted by atomic mass is 35.5. The summed E-state index contributed by atoms with van der Waals surface area (Å²) in [5.74, 6) is -1.63. The van der Waals surface area contributed by atoms with Gasteiger partial charge in [0.25, 0.3) is 11.4 Å². The second-order valence-electron chi connectivity index (χ2n) is 8.21. The van der Waals surface area contributed by atoms with E-state index in [4.69, 9.17) is 11.6 Å². The Morgan fingerprint density at radius 1 is 0.976 bits per heavy atom. The minimum atomic E-state index is -3.70. The molecule has 0 radical (unpaired) electrons. The van der Waals surface area contributed by atoms with Crippen molar-refractivity contribution < 1.29 is 45.7 Å². The second kappa shape index (κ2) is 14.0. The largest absolute Gasteiger partial charge is 0.465 e. The number of non-ortho nitro benzene ring substituents is 2. The maximum absolute atomic E-state index is 11.8. The molecule has 0 bridgehead atoms. The number of nitrogens with one attached hydrogen (secondary N) is 1. The number of benzene rings is 2. The predicted molar refractivity (Wildman–Crippen MR) is 147 cm³/mol. The predicted octanol–water partition coefficient (Wildman–Crippen LogP) is 2.67. The number of esters is 2. The maximum atomic E-state index is 11.8. The molecular formula is C22H25ClN4O12S2. The average Bonchev–Trinajstić information content (AvgIpc) is 3.29. The number of halogens is 1. The van der Waals surface area contributed by atoms with Crippen LogP contribution in [0.2, 0.25) is 0 Å². The van der Waals surface area contributed by atoms with Gasteiger partial charge in [0, 0.05) is 36.7 Å². The van der Waals surface area contributed by atoms with Crippen LogP contribution < -0.4 is 9.03 Å². The van der Waals surface area contributed by atoms with Gasteiger partial charge in [-0.05, 0) is 25.0 Å². The summed E-state index contributed by atoms with van der Waals surface area (Å²) in [6.07, 6.45) is 0.675. The summed E-state index contributed by atoms with van der Waals surface area (Å²) in [6.45, 7) is 0.240. The highest BCUT2D eigenvalue weighted by Gasteiger charge is 2.30. The summed E-state index contributed by atoms with van der Waals surface area (Å²) in [7, 11) is -4.91. The van der Waals surface area contributed by atoms with Crippen LogP contribution >= 0.6 is 11.6 Å². The van der Waals surface area contributed by atoms with E-state index >= 15 is 0 Å². The van der Waals surface area contributed by atoms with Crippen LogP contribution in [-0.4, -0.2) is 76.8 Å².